The van der Waals surface area contributed by atoms with Gasteiger partial charge in [0.1, 0.15) is 5.69 Å². The summed E-state index contributed by atoms with van der Waals surface area (Å²) in [4.78, 5) is 0. The van der Waals surface area contributed by atoms with E-state index >= 15 is 0 Å². The van der Waals surface area contributed by atoms with Crippen LogP contribution in [0.3, 0.4) is 0 Å². The van der Waals surface area contributed by atoms with Crippen molar-refractivity contribution < 1.29 is 0 Å². The first-order valence-electron chi connectivity index (χ1n) is 11.6. The van der Waals surface area contributed by atoms with Gasteiger partial charge in [0, 0.05) is 5.39 Å². The highest BCUT2D eigenvalue weighted by Gasteiger charge is 2.29. The van der Waals surface area contributed by atoms with Crippen LogP contribution in [-0.2, 0) is 0 Å². The molecule has 0 N–H and O–H groups in total. The van der Waals surface area contributed by atoms with Crippen LogP contribution >= 0.6 is 0 Å². The molecule has 150 valence electrons. The number of fused-ring (bicyclic) bond motifs is 1. The molecule has 0 spiro atoms. The predicted octanol–water partition coefficient (Wildman–Crippen LogP) is 8.11. The first-order chi connectivity index (χ1) is 13.3. The van der Waals surface area contributed by atoms with Crippen LogP contribution in [0, 0.1) is 0 Å². The Hall–Kier alpha value is -1.34. The number of nitrogens with zero attached hydrogens (tertiary/aromatic N) is 1. The monoisotopic (exact) mass is 368 g/mol. The molecule has 2 rings (SSSR count). The second-order valence-corrected chi connectivity index (χ2v) is 8.29. The normalized spacial score (nSPS) is 12.0. The molecule has 0 amide bonds. The summed E-state index contributed by atoms with van der Waals surface area (Å²) < 4.78 is 1.17. The molecule has 0 aliphatic carbocycles. The van der Waals surface area contributed by atoms with E-state index in [0.29, 0.717) is 0 Å². The number of rotatable bonds is 14. The lowest BCUT2D eigenvalue weighted by Gasteiger charge is -2.39. The van der Waals surface area contributed by atoms with E-state index in [-0.39, 0.29) is 0 Å². The Morgan fingerprint density at radius 3 is 1.81 bits per heavy atom. The molecule has 27 heavy (non-hydrogen) atoms. The van der Waals surface area contributed by atoms with E-state index in [1.807, 2.05) is 0 Å². The highest BCUT2D eigenvalue weighted by Crippen LogP contribution is 2.33. The Kier molecular flexibility index (Phi) is 9.91. The van der Waals surface area contributed by atoms with Gasteiger partial charge in [0.2, 0.25) is 0 Å². The van der Waals surface area contributed by atoms with Crippen LogP contribution in [-0.4, -0.2) is 19.6 Å². The first kappa shape index (κ1) is 22.0. The van der Waals surface area contributed by atoms with Gasteiger partial charge in [0.15, 0.2) is 0 Å². The maximum absolute atomic E-state index is 2.40. The van der Waals surface area contributed by atoms with Gasteiger partial charge in [-0.1, -0.05) is 89.6 Å². The lowest BCUT2D eigenvalue weighted by molar-refractivity contribution is 0.267. The van der Waals surface area contributed by atoms with Crippen LogP contribution in [0.15, 0.2) is 42.5 Å². The molecule has 0 fully saturated rings. The molecule has 0 aliphatic rings. The molecule has 1 nitrogen and oxygen atoms in total. The van der Waals surface area contributed by atoms with E-state index in [1.54, 1.807) is 5.69 Å². The van der Waals surface area contributed by atoms with Crippen molar-refractivity contribution in [2.24, 2.45) is 0 Å². The molecule has 0 radical (unpaired) electrons. The van der Waals surface area contributed by atoms with Gasteiger partial charge in [0.05, 0.1) is 19.6 Å². The van der Waals surface area contributed by atoms with Gasteiger partial charge in [-0.25, -0.2) is 0 Å². The van der Waals surface area contributed by atoms with Crippen molar-refractivity contribution in [3.8, 4) is 0 Å². The first-order valence-corrected chi connectivity index (χ1v) is 11.6. The average molecular weight is 369 g/mol. The van der Waals surface area contributed by atoms with Gasteiger partial charge < -0.3 is 0 Å². The van der Waals surface area contributed by atoms with Gasteiger partial charge in [-0.05, 0) is 43.2 Å². The number of unbranched alkanes of at least 4 members (excludes halogenated alkanes) is 7. The third-order valence-corrected chi connectivity index (χ3v) is 6.02. The summed E-state index contributed by atoms with van der Waals surface area (Å²) in [6.45, 7) is 10.8. The van der Waals surface area contributed by atoms with Gasteiger partial charge >= 0.3 is 0 Å². The summed E-state index contributed by atoms with van der Waals surface area (Å²) in [6, 6.07) is 15.9. The maximum Gasteiger partial charge on any atom is 0.140 e. The van der Waals surface area contributed by atoms with Crippen LogP contribution < -0.4 is 4.48 Å². The van der Waals surface area contributed by atoms with Gasteiger partial charge in [-0.3, -0.25) is 4.48 Å². The van der Waals surface area contributed by atoms with Crippen LogP contribution in [0.2, 0.25) is 0 Å². The number of hydrogen-bond acceptors (Lipinski definition) is 0. The molecule has 0 aliphatic heterocycles. The summed E-state index contributed by atoms with van der Waals surface area (Å²) in [5.41, 5.74) is 1.56. The van der Waals surface area contributed by atoms with E-state index < -0.39 is 0 Å². The third kappa shape index (κ3) is 6.35. The molecule has 2 aromatic rings. The zero-order chi connectivity index (χ0) is 19.4. The number of quaternary nitrogens is 1. The highest BCUT2D eigenvalue weighted by atomic mass is 15.4. The second kappa shape index (κ2) is 12.2. The molecule has 0 heterocycles. The minimum atomic E-state index is 1.17. The summed E-state index contributed by atoms with van der Waals surface area (Å²) in [5.74, 6) is 0. The fourth-order valence-electron chi connectivity index (χ4n) is 4.72. The van der Waals surface area contributed by atoms with Crippen LogP contribution in [0.4, 0.5) is 5.69 Å². The van der Waals surface area contributed by atoms with E-state index in [0.717, 1.165) is 0 Å². The minimum absolute atomic E-state index is 1.17. The van der Waals surface area contributed by atoms with Gasteiger partial charge in [-0.2, -0.15) is 0 Å². The predicted molar refractivity (Wildman–Crippen MR) is 124 cm³/mol. The van der Waals surface area contributed by atoms with E-state index in [1.165, 1.54) is 99.1 Å². The van der Waals surface area contributed by atoms with E-state index in [9.17, 15) is 0 Å². The molecule has 0 bridgehead atoms. The van der Waals surface area contributed by atoms with Crippen molar-refractivity contribution in [3.05, 3.63) is 42.5 Å². The van der Waals surface area contributed by atoms with Crippen molar-refractivity contribution in [1.29, 1.82) is 0 Å². The molecule has 2 aromatic carbocycles. The fraction of sp³-hybridized carbons (Fsp3) is 0.615. The Morgan fingerprint density at radius 1 is 0.556 bits per heavy atom. The van der Waals surface area contributed by atoms with Gasteiger partial charge in [0.25, 0.3) is 0 Å². The quantitative estimate of drug-likeness (QED) is 0.233. The second-order valence-electron chi connectivity index (χ2n) is 8.29. The molecule has 0 atom stereocenters. The van der Waals surface area contributed by atoms with Crippen LogP contribution in [0.1, 0.15) is 85.0 Å². The SMILES string of the molecule is CCCCCCCCCC[N+](CCC)(CCC)c1cccc2ccccc12. The Balaban J connectivity index is 2.08. The number of hydrogen-bond donors (Lipinski definition) is 0. The summed E-state index contributed by atoms with van der Waals surface area (Å²) >= 11 is 0. The van der Waals surface area contributed by atoms with E-state index in [4.69, 9.17) is 0 Å². The Labute approximate surface area is 168 Å². The molecule has 0 unspecified atom stereocenters. The van der Waals surface area contributed by atoms with Crippen LogP contribution in [0.25, 0.3) is 10.8 Å². The lowest BCUT2D eigenvalue weighted by atomic mass is 10.0. The van der Waals surface area contributed by atoms with Crippen molar-refractivity contribution in [3.63, 3.8) is 0 Å². The molecule has 0 saturated carbocycles. The summed E-state index contributed by atoms with van der Waals surface area (Å²) in [6.07, 6.45) is 13.7. The summed E-state index contributed by atoms with van der Waals surface area (Å²) in [5, 5.41) is 2.85. The molecule has 0 saturated heterocycles. The fourth-order valence-corrected chi connectivity index (χ4v) is 4.72. The molecule has 0 aromatic heterocycles. The molecular weight excluding hydrogens is 326 g/mol. The zero-order valence-corrected chi connectivity index (χ0v) is 18.2. The molecule has 1 heteroatoms. The third-order valence-electron chi connectivity index (χ3n) is 6.02. The highest BCUT2D eigenvalue weighted by molar-refractivity contribution is 5.93. The van der Waals surface area contributed by atoms with E-state index in [2.05, 4.69) is 63.2 Å². The van der Waals surface area contributed by atoms with Crippen molar-refractivity contribution in [2.75, 3.05) is 19.6 Å². The average Bonchev–Trinajstić information content (AvgIpc) is 2.70. The Morgan fingerprint density at radius 2 is 1.15 bits per heavy atom. The minimum Gasteiger partial charge on any atom is -0.291 e. The standard InChI is InChI=1S/C26H42N/c1-4-7-8-9-10-11-12-15-23-27(21-5-2,22-6-3)26-20-16-18-24-17-13-14-19-25(24)26/h13-14,16-20H,4-12,15,21-23H2,1-3H3/q+1. The van der Waals surface area contributed by atoms with Crippen molar-refractivity contribution in [2.45, 2.75) is 85.0 Å². The smallest absolute Gasteiger partial charge is 0.140 e. The molecular formula is C26H42N+. The lowest BCUT2D eigenvalue weighted by Crippen LogP contribution is -2.51. The van der Waals surface area contributed by atoms with Crippen molar-refractivity contribution >= 4 is 16.5 Å². The largest absolute Gasteiger partial charge is 0.291 e. The van der Waals surface area contributed by atoms with Crippen LogP contribution in [0.5, 0.6) is 0 Å². The Bertz CT molecular complexity index is 634. The topological polar surface area (TPSA) is 0 Å². The number of benzene rings is 2. The maximum atomic E-state index is 2.40. The summed E-state index contributed by atoms with van der Waals surface area (Å²) in [7, 11) is 0. The van der Waals surface area contributed by atoms with Gasteiger partial charge in [-0.15, -0.1) is 0 Å². The zero-order valence-electron chi connectivity index (χ0n) is 18.2. The van der Waals surface area contributed by atoms with Crippen molar-refractivity contribution in [1.82, 2.24) is 4.48 Å².